The summed E-state index contributed by atoms with van der Waals surface area (Å²) in [5.74, 6) is 0.842. The number of hydrogen-bond donors (Lipinski definition) is 0. The van der Waals surface area contributed by atoms with Crippen LogP contribution in [0.15, 0.2) is 49.1 Å². The van der Waals surface area contributed by atoms with Crippen molar-refractivity contribution < 1.29 is 9.53 Å². The summed E-state index contributed by atoms with van der Waals surface area (Å²) in [6.07, 6.45) is 8.33. The predicted octanol–water partition coefficient (Wildman–Crippen LogP) is 4.70. The Morgan fingerprint density at radius 3 is 2.71 bits per heavy atom. The number of halogens is 1. The van der Waals surface area contributed by atoms with Crippen molar-refractivity contribution in [2.24, 2.45) is 0 Å². The zero-order valence-corrected chi connectivity index (χ0v) is 19.4. The number of benzene rings is 1. The van der Waals surface area contributed by atoms with Crippen molar-refractivity contribution in [2.45, 2.75) is 38.5 Å². The second-order valence-electron chi connectivity index (χ2n) is 8.70. The molecule has 3 aromatic heterocycles. The van der Waals surface area contributed by atoms with Crippen LogP contribution >= 0.6 is 11.6 Å². The molecule has 1 aromatic carbocycles. The first-order valence-electron chi connectivity index (χ1n) is 11.3. The van der Waals surface area contributed by atoms with E-state index in [1.165, 1.54) is 17.3 Å². The second kappa shape index (κ2) is 8.69. The van der Waals surface area contributed by atoms with Gasteiger partial charge in [0.1, 0.15) is 17.0 Å². The molecule has 1 amide bonds. The molecule has 6 rings (SSSR count). The molecule has 0 bridgehead atoms. The number of carbonyl (C=O) groups excluding carboxylic acids is 1. The Morgan fingerprint density at radius 1 is 1.14 bits per heavy atom. The molecule has 1 saturated carbocycles. The molecule has 0 radical (unpaired) electrons. The van der Waals surface area contributed by atoms with Gasteiger partial charge >= 0.3 is 0 Å². The van der Waals surface area contributed by atoms with Crippen LogP contribution in [0.5, 0.6) is 0 Å². The lowest BCUT2D eigenvalue weighted by Gasteiger charge is -2.24. The van der Waals surface area contributed by atoms with Crippen molar-refractivity contribution in [1.29, 1.82) is 5.26 Å². The van der Waals surface area contributed by atoms with Gasteiger partial charge in [0.05, 0.1) is 48.3 Å². The molecule has 172 valence electrons. The Bertz CT molecular complexity index is 1510. The average molecular weight is 483 g/mol. The molecule has 1 aliphatic carbocycles. The van der Waals surface area contributed by atoms with Crippen LogP contribution < -0.4 is 4.90 Å². The molecule has 9 heteroatoms. The maximum absolute atomic E-state index is 13.6. The second-order valence-corrected chi connectivity index (χ2v) is 9.06. The number of nitrogens with zero attached hydrogens (tertiary/aromatic N) is 6. The number of rotatable bonds is 5. The van der Waals surface area contributed by atoms with Crippen molar-refractivity contribution in [3.8, 4) is 6.07 Å². The number of fused-ring (bicyclic) bond motifs is 3. The Hall–Kier alpha value is -3.93. The van der Waals surface area contributed by atoms with Crippen LogP contribution in [0, 0.1) is 11.3 Å². The van der Waals surface area contributed by atoms with E-state index in [0.717, 1.165) is 46.3 Å². The predicted molar refractivity (Wildman–Crippen MR) is 129 cm³/mol. The number of amides is 1. The van der Waals surface area contributed by atoms with Gasteiger partial charge in [0, 0.05) is 35.5 Å². The molecule has 0 saturated heterocycles. The first-order valence-corrected chi connectivity index (χ1v) is 11.7. The SMILES string of the molecule is N#Cc1ccncc1N(Cc1ccc2c3c(c(Cl)nc2c1)COC3)C(=O)c1cnc(C2CC2)nc1. The Kier molecular flexibility index (Phi) is 5.36. The number of anilines is 1. The fourth-order valence-electron chi connectivity index (χ4n) is 4.35. The van der Waals surface area contributed by atoms with Crippen LogP contribution in [0.25, 0.3) is 10.9 Å². The van der Waals surface area contributed by atoms with Gasteiger partial charge in [-0.15, -0.1) is 0 Å². The molecule has 0 unspecified atom stereocenters. The van der Waals surface area contributed by atoms with E-state index >= 15 is 0 Å². The number of aromatic nitrogens is 4. The van der Waals surface area contributed by atoms with Gasteiger partial charge in [0.2, 0.25) is 0 Å². The van der Waals surface area contributed by atoms with E-state index in [0.29, 0.717) is 41.1 Å². The van der Waals surface area contributed by atoms with Crippen molar-refractivity contribution in [3.05, 3.63) is 87.8 Å². The first kappa shape index (κ1) is 21.6. The average Bonchev–Trinajstić information content (AvgIpc) is 3.62. The number of hydrogen-bond acceptors (Lipinski definition) is 7. The zero-order chi connectivity index (χ0) is 23.9. The Labute approximate surface area is 206 Å². The summed E-state index contributed by atoms with van der Waals surface area (Å²) in [6, 6.07) is 9.59. The molecular formula is C26H19ClN6O2. The molecule has 2 aliphatic rings. The number of nitriles is 1. The van der Waals surface area contributed by atoms with Gasteiger partial charge in [0.25, 0.3) is 5.91 Å². The van der Waals surface area contributed by atoms with E-state index in [2.05, 4.69) is 26.0 Å². The van der Waals surface area contributed by atoms with Crippen LogP contribution in [0.4, 0.5) is 5.69 Å². The van der Waals surface area contributed by atoms with Crippen molar-refractivity contribution in [1.82, 2.24) is 19.9 Å². The fraction of sp³-hybridized carbons (Fsp3) is 0.231. The van der Waals surface area contributed by atoms with Crippen LogP contribution in [0.3, 0.4) is 0 Å². The van der Waals surface area contributed by atoms with Gasteiger partial charge in [-0.25, -0.2) is 15.0 Å². The third-order valence-corrected chi connectivity index (χ3v) is 6.68. The van der Waals surface area contributed by atoms with Crippen molar-refractivity contribution in [3.63, 3.8) is 0 Å². The summed E-state index contributed by atoms with van der Waals surface area (Å²) in [6.45, 7) is 1.16. The quantitative estimate of drug-likeness (QED) is 0.379. The van der Waals surface area contributed by atoms with Crippen LogP contribution in [0.1, 0.15) is 57.2 Å². The van der Waals surface area contributed by atoms with E-state index in [1.807, 2.05) is 18.2 Å². The van der Waals surface area contributed by atoms with Gasteiger partial charge in [-0.3, -0.25) is 9.78 Å². The summed E-state index contributed by atoms with van der Waals surface area (Å²) in [7, 11) is 0. The lowest BCUT2D eigenvalue weighted by molar-refractivity contribution is 0.0984. The molecule has 1 fully saturated rings. The third kappa shape index (κ3) is 3.99. The van der Waals surface area contributed by atoms with Crippen molar-refractivity contribution in [2.75, 3.05) is 4.90 Å². The molecular weight excluding hydrogens is 464 g/mol. The number of pyridine rings is 2. The lowest BCUT2D eigenvalue weighted by Crippen LogP contribution is -2.31. The van der Waals surface area contributed by atoms with Crippen LogP contribution in [0.2, 0.25) is 5.15 Å². The Morgan fingerprint density at radius 2 is 1.94 bits per heavy atom. The number of ether oxygens (including phenoxy) is 1. The summed E-state index contributed by atoms with van der Waals surface area (Å²) >= 11 is 6.40. The highest BCUT2D eigenvalue weighted by Gasteiger charge is 2.28. The third-order valence-electron chi connectivity index (χ3n) is 6.37. The molecule has 0 N–H and O–H groups in total. The highest BCUT2D eigenvalue weighted by Crippen LogP contribution is 2.38. The summed E-state index contributed by atoms with van der Waals surface area (Å²) in [5, 5.41) is 11.1. The van der Waals surface area contributed by atoms with Crippen LogP contribution in [-0.4, -0.2) is 25.8 Å². The Balaban J connectivity index is 1.39. The fourth-order valence-corrected chi connectivity index (χ4v) is 4.61. The first-order chi connectivity index (χ1) is 17.1. The molecule has 0 atom stereocenters. The summed E-state index contributed by atoms with van der Waals surface area (Å²) in [5.41, 5.74) is 4.64. The lowest BCUT2D eigenvalue weighted by atomic mass is 10.0. The molecule has 4 aromatic rings. The molecule has 8 nitrogen and oxygen atoms in total. The molecule has 1 aliphatic heterocycles. The van der Waals surface area contributed by atoms with Gasteiger partial charge in [-0.1, -0.05) is 23.7 Å². The smallest absolute Gasteiger partial charge is 0.261 e. The largest absolute Gasteiger partial charge is 0.372 e. The van der Waals surface area contributed by atoms with E-state index < -0.39 is 0 Å². The van der Waals surface area contributed by atoms with Gasteiger partial charge in [-0.2, -0.15) is 5.26 Å². The minimum atomic E-state index is -0.315. The van der Waals surface area contributed by atoms with Gasteiger partial charge in [-0.05, 0) is 36.1 Å². The van der Waals surface area contributed by atoms with E-state index in [4.69, 9.17) is 16.3 Å². The van der Waals surface area contributed by atoms with Crippen molar-refractivity contribution >= 4 is 34.1 Å². The maximum atomic E-state index is 13.6. The molecule has 35 heavy (non-hydrogen) atoms. The molecule has 0 spiro atoms. The number of carbonyl (C=O) groups is 1. The van der Waals surface area contributed by atoms with Gasteiger partial charge in [0.15, 0.2) is 0 Å². The van der Waals surface area contributed by atoms with E-state index in [-0.39, 0.29) is 12.5 Å². The van der Waals surface area contributed by atoms with E-state index in [1.54, 1.807) is 18.5 Å². The highest BCUT2D eigenvalue weighted by atomic mass is 35.5. The standard InChI is InChI=1S/C26H19ClN6O2/c27-24-21-14-35-13-20(21)19-4-1-15(7-22(19)32-24)12-33(23-11-29-6-5-17(23)8-28)26(34)18-9-30-25(31-10-18)16-2-3-16/h1,4-7,9-11,16H,2-3,12-14H2. The summed E-state index contributed by atoms with van der Waals surface area (Å²) < 4.78 is 5.56. The normalized spacial score (nSPS) is 14.5. The van der Waals surface area contributed by atoms with Gasteiger partial charge < -0.3 is 9.64 Å². The zero-order valence-electron chi connectivity index (χ0n) is 18.6. The van der Waals surface area contributed by atoms with Crippen LogP contribution in [-0.2, 0) is 24.5 Å². The highest BCUT2D eigenvalue weighted by molar-refractivity contribution is 6.30. The summed E-state index contributed by atoms with van der Waals surface area (Å²) in [4.78, 5) is 32.7. The monoisotopic (exact) mass is 482 g/mol. The molecule has 4 heterocycles. The minimum absolute atomic E-state index is 0.201. The van der Waals surface area contributed by atoms with E-state index in [9.17, 15) is 10.1 Å². The maximum Gasteiger partial charge on any atom is 0.261 e. The topological polar surface area (TPSA) is 105 Å². The minimum Gasteiger partial charge on any atom is -0.372 e.